The van der Waals surface area contributed by atoms with Gasteiger partial charge in [0.2, 0.25) is 5.91 Å². The van der Waals surface area contributed by atoms with Gasteiger partial charge >= 0.3 is 5.97 Å². The monoisotopic (exact) mass is 556 g/mol. The zero-order valence-electron chi connectivity index (χ0n) is 24.1. The van der Waals surface area contributed by atoms with Gasteiger partial charge in [-0.2, -0.15) is 0 Å². The van der Waals surface area contributed by atoms with Gasteiger partial charge in [0.25, 0.3) is 0 Å². The number of aromatic nitrogens is 3. The molecule has 1 amide bonds. The van der Waals surface area contributed by atoms with Crippen LogP contribution in [0.2, 0.25) is 0 Å². The molecule has 2 aromatic carbocycles. The summed E-state index contributed by atoms with van der Waals surface area (Å²) in [6.07, 6.45) is 5.11. The Morgan fingerprint density at radius 2 is 1.85 bits per heavy atom. The second-order valence-corrected chi connectivity index (χ2v) is 10.9. The second kappa shape index (κ2) is 13.1. The number of para-hydroxylation sites is 1. The lowest BCUT2D eigenvalue weighted by Gasteiger charge is -2.33. The van der Waals surface area contributed by atoms with Gasteiger partial charge < -0.3 is 19.9 Å². The lowest BCUT2D eigenvalue weighted by Crippen LogP contribution is -2.46. The number of amides is 1. The number of pyridine rings is 1. The number of benzene rings is 2. The van der Waals surface area contributed by atoms with E-state index in [0.29, 0.717) is 25.5 Å². The summed E-state index contributed by atoms with van der Waals surface area (Å²) in [7, 11) is 1.40. The van der Waals surface area contributed by atoms with Gasteiger partial charge in [-0.05, 0) is 49.5 Å². The first-order valence-corrected chi connectivity index (χ1v) is 14.6. The van der Waals surface area contributed by atoms with Crippen molar-refractivity contribution in [3.63, 3.8) is 0 Å². The maximum Gasteiger partial charge on any atom is 0.309 e. The highest BCUT2D eigenvalue weighted by molar-refractivity contribution is 6.06. The molecule has 0 spiro atoms. The number of carbonyl (C=O) groups excluding carboxylic acids is 2. The third-order valence-corrected chi connectivity index (χ3v) is 7.85. The number of likely N-dealkylation sites (tertiary alicyclic amines) is 1. The Balaban J connectivity index is 1.39. The van der Waals surface area contributed by atoms with Crippen molar-refractivity contribution in [2.75, 3.05) is 39.0 Å². The molecule has 0 saturated carbocycles. The Hall–Kier alpha value is -3.98. The Morgan fingerprint density at radius 1 is 1.05 bits per heavy atom. The van der Waals surface area contributed by atoms with Crippen LogP contribution in [0.15, 0.2) is 48.5 Å². The van der Waals surface area contributed by atoms with Gasteiger partial charge in [-0.15, -0.1) is 0 Å². The third-order valence-electron chi connectivity index (χ3n) is 7.85. The van der Waals surface area contributed by atoms with Gasteiger partial charge in [-0.3, -0.25) is 14.5 Å². The van der Waals surface area contributed by atoms with Crippen molar-refractivity contribution in [1.82, 2.24) is 24.3 Å². The number of esters is 1. The van der Waals surface area contributed by atoms with E-state index in [1.807, 2.05) is 47.4 Å². The minimum absolute atomic E-state index is 0.128. The average molecular weight is 557 g/mol. The van der Waals surface area contributed by atoms with Crippen LogP contribution < -0.4 is 5.73 Å². The van der Waals surface area contributed by atoms with E-state index in [0.717, 1.165) is 90.6 Å². The summed E-state index contributed by atoms with van der Waals surface area (Å²) >= 11 is 0. The molecule has 0 atom stereocenters. The summed E-state index contributed by atoms with van der Waals surface area (Å²) < 4.78 is 7.13. The summed E-state index contributed by atoms with van der Waals surface area (Å²) in [5.41, 5.74) is 10.9. The molecule has 1 fully saturated rings. The number of anilines is 1. The molecule has 5 rings (SSSR count). The molecule has 2 aromatic heterocycles. The largest absolute Gasteiger partial charge is 0.469 e. The number of rotatable bonds is 13. The molecule has 0 radical (unpaired) electrons. The first kappa shape index (κ1) is 28.5. The minimum Gasteiger partial charge on any atom is -0.469 e. The molecule has 9 heteroatoms. The highest BCUT2D eigenvalue weighted by atomic mass is 16.5. The van der Waals surface area contributed by atoms with Crippen LogP contribution >= 0.6 is 0 Å². The fourth-order valence-corrected chi connectivity index (χ4v) is 5.51. The van der Waals surface area contributed by atoms with Crippen molar-refractivity contribution in [1.29, 1.82) is 0 Å². The van der Waals surface area contributed by atoms with Crippen molar-refractivity contribution in [3.05, 3.63) is 65.5 Å². The SMILES string of the molecule is CCCCc1nc2c(N)nc3ccccc3c2n1CCCN(Cc1cccc(CC(=O)OC)c1)C(=O)CN1CCC1. The number of hydrogen-bond donors (Lipinski definition) is 1. The number of ether oxygens (including phenoxy) is 1. The standard InChI is InChI=1S/C32H40N6O3/c1-3-4-14-27-35-30-31(25-12-5-6-13-26(25)34-32(30)33)38(27)18-9-17-37(28(39)22-36-15-8-16-36)21-24-11-7-10-23(19-24)20-29(40)41-2/h5-7,10-13,19H,3-4,8-9,14-18,20-22H2,1-2H3,(H2,33,34). The fraction of sp³-hybridized carbons (Fsp3) is 0.438. The molecule has 0 bridgehead atoms. The van der Waals surface area contributed by atoms with Gasteiger partial charge in [0.15, 0.2) is 5.82 Å². The van der Waals surface area contributed by atoms with E-state index in [2.05, 4.69) is 27.4 Å². The minimum atomic E-state index is -0.275. The smallest absolute Gasteiger partial charge is 0.309 e. The zero-order valence-corrected chi connectivity index (χ0v) is 24.1. The van der Waals surface area contributed by atoms with Crippen molar-refractivity contribution in [2.45, 2.75) is 58.5 Å². The van der Waals surface area contributed by atoms with E-state index < -0.39 is 0 Å². The number of imidazole rings is 1. The van der Waals surface area contributed by atoms with Crippen LogP contribution in [0.3, 0.4) is 0 Å². The second-order valence-electron chi connectivity index (χ2n) is 10.9. The third kappa shape index (κ3) is 6.68. The molecule has 0 aliphatic carbocycles. The molecule has 2 N–H and O–H groups in total. The zero-order chi connectivity index (χ0) is 28.8. The molecule has 9 nitrogen and oxygen atoms in total. The Bertz CT molecular complexity index is 1530. The Labute approximate surface area is 241 Å². The molecule has 216 valence electrons. The van der Waals surface area contributed by atoms with Gasteiger partial charge in [0.1, 0.15) is 11.3 Å². The van der Waals surface area contributed by atoms with Gasteiger partial charge in [-0.25, -0.2) is 9.97 Å². The lowest BCUT2D eigenvalue weighted by atomic mass is 10.1. The van der Waals surface area contributed by atoms with Crippen LogP contribution in [0.5, 0.6) is 0 Å². The number of aryl methyl sites for hydroxylation is 2. The van der Waals surface area contributed by atoms with Crippen LogP contribution in [0, 0.1) is 0 Å². The van der Waals surface area contributed by atoms with Crippen molar-refractivity contribution < 1.29 is 14.3 Å². The Kier molecular flexibility index (Phi) is 9.14. The molecular weight excluding hydrogens is 516 g/mol. The number of nitrogen functional groups attached to an aromatic ring is 1. The van der Waals surface area contributed by atoms with Crippen LogP contribution in [-0.2, 0) is 40.3 Å². The van der Waals surface area contributed by atoms with Crippen molar-refractivity contribution >= 4 is 39.6 Å². The van der Waals surface area contributed by atoms with Crippen molar-refractivity contribution in [2.24, 2.45) is 0 Å². The number of hydrogen-bond acceptors (Lipinski definition) is 7. The van der Waals surface area contributed by atoms with E-state index in [-0.39, 0.29) is 18.3 Å². The average Bonchev–Trinajstić information content (AvgIpc) is 3.32. The summed E-state index contributed by atoms with van der Waals surface area (Å²) in [6.45, 7) is 6.38. The summed E-state index contributed by atoms with van der Waals surface area (Å²) in [4.78, 5) is 39.0. The Morgan fingerprint density at radius 3 is 2.61 bits per heavy atom. The first-order valence-electron chi connectivity index (χ1n) is 14.6. The van der Waals surface area contributed by atoms with E-state index in [1.54, 1.807) is 0 Å². The summed E-state index contributed by atoms with van der Waals surface area (Å²) in [5, 5.41) is 1.04. The fourth-order valence-electron chi connectivity index (χ4n) is 5.51. The number of fused-ring (bicyclic) bond motifs is 3. The topological polar surface area (TPSA) is 107 Å². The number of carbonyl (C=O) groups is 2. The van der Waals surface area contributed by atoms with Crippen LogP contribution in [-0.4, -0.2) is 69.5 Å². The van der Waals surface area contributed by atoms with Gasteiger partial charge in [0, 0.05) is 31.4 Å². The molecule has 3 heterocycles. The van der Waals surface area contributed by atoms with Crippen molar-refractivity contribution in [3.8, 4) is 0 Å². The predicted octanol–water partition coefficient (Wildman–Crippen LogP) is 4.35. The summed E-state index contributed by atoms with van der Waals surface area (Å²) in [5.74, 6) is 1.32. The number of nitrogens with two attached hydrogens (primary N) is 1. The number of unbranched alkanes of at least 4 members (excludes halogenated alkanes) is 1. The maximum atomic E-state index is 13.5. The molecule has 0 unspecified atom stereocenters. The molecular formula is C32H40N6O3. The molecule has 1 aliphatic rings. The normalized spacial score (nSPS) is 13.4. The maximum absolute atomic E-state index is 13.5. The van der Waals surface area contributed by atoms with Crippen LogP contribution in [0.1, 0.15) is 49.6 Å². The van der Waals surface area contributed by atoms with Gasteiger partial charge in [0.05, 0.1) is 31.1 Å². The molecule has 1 aliphatic heterocycles. The molecule has 1 saturated heterocycles. The van der Waals surface area contributed by atoms with E-state index >= 15 is 0 Å². The molecule has 4 aromatic rings. The number of methoxy groups -OCH3 is 1. The van der Waals surface area contributed by atoms with E-state index in [4.69, 9.17) is 15.5 Å². The predicted molar refractivity (Wildman–Crippen MR) is 161 cm³/mol. The summed E-state index contributed by atoms with van der Waals surface area (Å²) in [6, 6.07) is 15.9. The quantitative estimate of drug-likeness (QED) is 0.244. The lowest BCUT2D eigenvalue weighted by molar-refractivity contribution is -0.139. The number of nitrogens with zero attached hydrogens (tertiary/aromatic N) is 5. The van der Waals surface area contributed by atoms with Crippen LogP contribution in [0.4, 0.5) is 5.82 Å². The highest BCUT2D eigenvalue weighted by Crippen LogP contribution is 2.29. The first-order chi connectivity index (χ1) is 20.0. The molecule has 41 heavy (non-hydrogen) atoms. The highest BCUT2D eigenvalue weighted by Gasteiger charge is 2.22. The van der Waals surface area contributed by atoms with E-state index in [9.17, 15) is 9.59 Å². The van der Waals surface area contributed by atoms with E-state index in [1.165, 1.54) is 7.11 Å². The van der Waals surface area contributed by atoms with Crippen LogP contribution in [0.25, 0.3) is 21.9 Å². The van der Waals surface area contributed by atoms with Gasteiger partial charge in [-0.1, -0.05) is 55.8 Å².